The SMILES string of the molecule is COCCCOC(=O)[C@H]1CCCNC1. The number of carbonyl (C=O) groups is 1. The molecule has 0 amide bonds. The average Bonchev–Trinajstić information content (AvgIpc) is 2.25. The first-order chi connectivity index (χ1) is 6.84. The highest BCUT2D eigenvalue weighted by atomic mass is 16.5. The van der Waals surface area contributed by atoms with Gasteiger partial charge in [-0.25, -0.2) is 0 Å². The molecule has 0 saturated carbocycles. The molecular formula is C10H19NO3. The standard InChI is InChI=1S/C10H19NO3/c1-13-6-3-7-14-10(12)9-4-2-5-11-8-9/h9,11H,2-8H2,1H3/t9-/m0/s1. The number of rotatable bonds is 5. The summed E-state index contributed by atoms with van der Waals surface area (Å²) in [6.45, 7) is 2.91. The zero-order valence-corrected chi connectivity index (χ0v) is 8.75. The molecule has 0 radical (unpaired) electrons. The van der Waals surface area contributed by atoms with Crippen LogP contribution in [0.15, 0.2) is 0 Å². The van der Waals surface area contributed by atoms with E-state index in [4.69, 9.17) is 9.47 Å². The molecule has 0 aromatic rings. The lowest BCUT2D eigenvalue weighted by atomic mass is 10.0. The molecule has 1 N–H and O–H groups in total. The van der Waals surface area contributed by atoms with Crippen molar-refractivity contribution in [3.63, 3.8) is 0 Å². The molecule has 4 heteroatoms. The van der Waals surface area contributed by atoms with E-state index < -0.39 is 0 Å². The summed E-state index contributed by atoms with van der Waals surface area (Å²) in [6.07, 6.45) is 2.80. The van der Waals surface area contributed by atoms with Crippen LogP contribution in [0, 0.1) is 5.92 Å². The monoisotopic (exact) mass is 201 g/mol. The second-order valence-corrected chi connectivity index (χ2v) is 3.56. The van der Waals surface area contributed by atoms with Crippen LogP contribution >= 0.6 is 0 Å². The van der Waals surface area contributed by atoms with Crippen LogP contribution in [0.4, 0.5) is 0 Å². The zero-order chi connectivity index (χ0) is 10.2. The molecule has 1 atom stereocenters. The van der Waals surface area contributed by atoms with Crippen LogP contribution in [0.25, 0.3) is 0 Å². The van der Waals surface area contributed by atoms with E-state index in [-0.39, 0.29) is 11.9 Å². The van der Waals surface area contributed by atoms with Crippen LogP contribution in [-0.4, -0.2) is 39.4 Å². The van der Waals surface area contributed by atoms with Gasteiger partial charge in [0.1, 0.15) is 0 Å². The van der Waals surface area contributed by atoms with Crippen molar-refractivity contribution in [2.75, 3.05) is 33.4 Å². The van der Waals surface area contributed by atoms with Crippen LogP contribution < -0.4 is 5.32 Å². The quantitative estimate of drug-likeness (QED) is 0.521. The third kappa shape index (κ3) is 4.07. The van der Waals surface area contributed by atoms with Crippen LogP contribution in [0.2, 0.25) is 0 Å². The molecule has 4 nitrogen and oxygen atoms in total. The van der Waals surface area contributed by atoms with Gasteiger partial charge in [0, 0.05) is 26.7 Å². The van der Waals surface area contributed by atoms with Gasteiger partial charge in [-0.1, -0.05) is 0 Å². The summed E-state index contributed by atoms with van der Waals surface area (Å²) in [5, 5.41) is 3.19. The lowest BCUT2D eigenvalue weighted by Crippen LogP contribution is -2.35. The molecule has 14 heavy (non-hydrogen) atoms. The summed E-state index contributed by atoms with van der Waals surface area (Å²) >= 11 is 0. The molecule has 1 aliphatic heterocycles. The maximum Gasteiger partial charge on any atom is 0.310 e. The van der Waals surface area contributed by atoms with E-state index in [1.54, 1.807) is 7.11 Å². The average molecular weight is 201 g/mol. The second kappa shape index (κ2) is 6.79. The van der Waals surface area contributed by atoms with E-state index in [0.29, 0.717) is 13.2 Å². The smallest absolute Gasteiger partial charge is 0.310 e. The van der Waals surface area contributed by atoms with Gasteiger partial charge in [0.05, 0.1) is 12.5 Å². The van der Waals surface area contributed by atoms with Gasteiger partial charge in [0.15, 0.2) is 0 Å². The Labute approximate surface area is 85.0 Å². The first-order valence-electron chi connectivity index (χ1n) is 5.21. The lowest BCUT2D eigenvalue weighted by molar-refractivity contribution is -0.149. The summed E-state index contributed by atoms with van der Waals surface area (Å²) < 4.78 is 9.99. The van der Waals surface area contributed by atoms with Gasteiger partial charge in [0.2, 0.25) is 0 Å². The van der Waals surface area contributed by atoms with Crippen molar-refractivity contribution in [3.8, 4) is 0 Å². The Morgan fingerprint density at radius 3 is 3.00 bits per heavy atom. The molecule has 1 heterocycles. The molecular weight excluding hydrogens is 182 g/mol. The third-order valence-electron chi connectivity index (χ3n) is 2.37. The molecule has 1 saturated heterocycles. The maximum absolute atomic E-state index is 11.5. The fourth-order valence-electron chi connectivity index (χ4n) is 1.55. The van der Waals surface area contributed by atoms with E-state index in [1.807, 2.05) is 0 Å². The summed E-state index contributed by atoms with van der Waals surface area (Å²) in [7, 11) is 1.65. The van der Waals surface area contributed by atoms with Crippen molar-refractivity contribution in [1.82, 2.24) is 5.32 Å². The van der Waals surface area contributed by atoms with E-state index in [1.165, 1.54) is 0 Å². The van der Waals surface area contributed by atoms with E-state index in [0.717, 1.165) is 32.4 Å². The molecule has 1 aliphatic rings. The van der Waals surface area contributed by atoms with E-state index >= 15 is 0 Å². The van der Waals surface area contributed by atoms with Crippen molar-refractivity contribution in [2.45, 2.75) is 19.3 Å². The van der Waals surface area contributed by atoms with Crippen molar-refractivity contribution < 1.29 is 14.3 Å². The number of hydrogen-bond acceptors (Lipinski definition) is 4. The van der Waals surface area contributed by atoms with E-state index in [9.17, 15) is 4.79 Å². The largest absolute Gasteiger partial charge is 0.465 e. The van der Waals surface area contributed by atoms with Gasteiger partial charge >= 0.3 is 5.97 Å². The fourth-order valence-corrected chi connectivity index (χ4v) is 1.55. The second-order valence-electron chi connectivity index (χ2n) is 3.56. The molecule has 0 aromatic carbocycles. The first kappa shape index (κ1) is 11.5. The number of esters is 1. The molecule has 0 aromatic heterocycles. The van der Waals surface area contributed by atoms with Crippen LogP contribution in [-0.2, 0) is 14.3 Å². The Balaban J connectivity index is 2.07. The van der Waals surface area contributed by atoms with Crippen molar-refractivity contribution in [2.24, 2.45) is 5.92 Å². The van der Waals surface area contributed by atoms with Crippen molar-refractivity contribution >= 4 is 5.97 Å². The Kier molecular flexibility index (Phi) is 5.56. The van der Waals surface area contributed by atoms with Crippen LogP contribution in [0.3, 0.4) is 0 Å². The molecule has 1 fully saturated rings. The Morgan fingerprint density at radius 2 is 2.36 bits per heavy atom. The topological polar surface area (TPSA) is 47.6 Å². The van der Waals surface area contributed by atoms with Gasteiger partial charge in [0.25, 0.3) is 0 Å². The number of hydrogen-bond donors (Lipinski definition) is 1. The van der Waals surface area contributed by atoms with Gasteiger partial charge < -0.3 is 14.8 Å². The normalized spacial score (nSPS) is 21.9. The van der Waals surface area contributed by atoms with Gasteiger partial charge in [-0.05, 0) is 19.4 Å². The third-order valence-corrected chi connectivity index (χ3v) is 2.37. The van der Waals surface area contributed by atoms with Crippen LogP contribution in [0.5, 0.6) is 0 Å². The molecule has 0 unspecified atom stereocenters. The Morgan fingerprint density at radius 1 is 1.50 bits per heavy atom. The summed E-state index contributed by atoms with van der Waals surface area (Å²) in [5.41, 5.74) is 0. The first-order valence-corrected chi connectivity index (χ1v) is 5.21. The summed E-state index contributed by atoms with van der Waals surface area (Å²) in [5.74, 6) is -0.000372. The number of carbonyl (C=O) groups excluding carboxylic acids is 1. The summed E-state index contributed by atoms with van der Waals surface area (Å²) in [6, 6.07) is 0. The number of ether oxygens (including phenoxy) is 2. The predicted octanol–water partition coefficient (Wildman–Crippen LogP) is 0.566. The van der Waals surface area contributed by atoms with Crippen LogP contribution in [0.1, 0.15) is 19.3 Å². The van der Waals surface area contributed by atoms with Crippen molar-refractivity contribution in [3.05, 3.63) is 0 Å². The number of piperidine rings is 1. The minimum atomic E-state index is -0.0618. The predicted molar refractivity (Wildman–Crippen MR) is 53.0 cm³/mol. The number of nitrogens with one attached hydrogen (secondary N) is 1. The zero-order valence-electron chi connectivity index (χ0n) is 8.75. The van der Waals surface area contributed by atoms with E-state index in [2.05, 4.69) is 5.32 Å². The fraction of sp³-hybridized carbons (Fsp3) is 0.900. The Hall–Kier alpha value is -0.610. The summed E-state index contributed by atoms with van der Waals surface area (Å²) in [4.78, 5) is 11.5. The minimum absolute atomic E-state index is 0.0614. The van der Waals surface area contributed by atoms with Gasteiger partial charge in [-0.3, -0.25) is 4.79 Å². The minimum Gasteiger partial charge on any atom is -0.465 e. The van der Waals surface area contributed by atoms with Gasteiger partial charge in [-0.15, -0.1) is 0 Å². The maximum atomic E-state index is 11.5. The number of methoxy groups -OCH3 is 1. The highest BCUT2D eigenvalue weighted by Gasteiger charge is 2.21. The molecule has 0 aliphatic carbocycles. The molecule has 1 rings (SSSR count). The van der Waals surface area contributed by atoms with Crippen molar-refractivity contribution in [1.29, 1.82) is 0 Å². The molecule has 82 valence electrons. The Bertz CT molecular complexity index is 167. The highest BCUT2D eigenvalue weighted by molar-refractivity contribution is 5.72. The van der Waals surface area contributed by atoms with Gasteiger partial charge in [-0.2, -0.15) is 0 Å². The lowest BCUT2D eigenvalue weighted by Gasteiger charge is -2.20. The molecule has 0 bridgehead atoms. The highest BCUT2D eigenvalue weighted by Crippen LogP contribution is 2.11. The molecule has 0 spiro atoms.